The third-order valence-electron chi connectivity index (χ3n) is 3.94. The van der Waals surface area contributed by atoms with E-state index in [1.807, 2.05) is 56.3 Å². The first-order valence-corrected chi connectivity index (χ1v) is 7.58. The van der Waals surface area contributed by atoms with Crippen molar-refractivity contribution in [2.24, 2.45) is 0 Å². The monoisotopic (exact) mass is 319 g/mol. The fourth-order valence-corrected chi connectivity index (χ4v) is 2.38. The van der Waals surface area contributed by atoms with Crippen molar-refractivity contribution in [3.63, 3.8) is 0 Å². The molecule has 0 unspecified atom stereocenters. The van der Waals surface area contributed by atoms with Crippen LogP contribution in [-0.4, -0.2) is 15.9 Å². The molecule has 1 amide bonds. The number of benzene rings is 2. The van der Waals surface area contributed by atoms with Crippen molar-refractivity contribution in [2.45, 2.75) is 13.8 Å². The standard InChI is InChI=1S/C19H17N3O2/c1-12-7-6-10-16(13(12)2)21-18(23)15-11-20-17(22-19(15)24)14-8-4-3-5-9-14/h3-11H,1-2H3,(H,21,23)(H,20,22,24). The van der Waals surface area contributed by atoms with Gasteiger partial charge in [-0.2, -0.15) is 0 Å². The Hall–Kier alpha value is -3.21. The van der Waals surface area contributed by atoms with E-state index < -0.39 is 11.5 Å². The second-order valence-corrected chi connectivity index (χ2v) is 5.54. The highest BCUT2D eigenvalue weighted by Crippen LogP contribution is 2.18. The number of aromatic amines is 1. The molecule has 0 aliphatic carbocycles. The van der Waals surface area contributed by atoms with E-state index in [-0.39, 0.29) is 5.56 Å². The summed E-state index contributed by atoms with van der Waals surface area (Å²) in [5.74, 6) is -0.0408. The first kappa shape index (κ1) is 15.7. The molecule has 5 heteroatoms. The van der Waals surface area contributed by atoms with Gasteiger partial charge in [0.25, 0.3) is 11.5 Å². The number of hydrogen-bond donors (Lipinski definition) is 2. The largest absolute Gasteiger partial charge is 0.322 e. The molecular formula is C19H17N3O2. The molecule has 0 atom stereocenters. The Kier molecular flexibility index (Phi) is 4.24. The van der Waals surface area contributed by atoms with Gasteiger partial charge in [-0.25, -0.2) is 4.98 Å². The summed E-state index contributed by atoms with van der Waals surface area (Å²) in [5, 5.41) is 2.77. The van der Waals surface area contributed by atoms with Crippen molar-refractivity contribution < 1.29 is 4.79 Å². The molecule has 0 saturated carbocycles. The Morgan fingerprint density at radius 2 is 1.79 bits per heavy atom. The van der Waals surface area contributed by atoms with E-state index >= 15 is 0 Å². The number of rotatable bonds is 3. The van der Waals surface area contributed by atoms with Gasteiger partial charge in [0.1, 0.15) is 11.4 Å². The van der Waals surface area contributed by atoms with Crippen LogP contribution in [0.4, 0.5) is 5.69 Å². The van der Waals surface area contributed by atoms with E-state index in [0.29, 0.717) is 11.5 Å². The topological polar surface area (TPSA) is 74.8 Å². The maximum atomic E-state index is 12.4. The summed E-state index contributed by atoms with van der Waals surface area (Å²) in [6.45, 7) is 3.89. The average Bonchev–Trinajstić information content (AvgIpc) is 2.59. The molecular weight excluding hydrogens is 302 g/mol. The Morgan fingerprint density at radius 1 is 1.04 bits per heavy atom. The second kappa shape index (κ2) is 6.50. The molecule has 3 rings (SSSR count). The molecule has 0 spiro atoms. The molecule has 3 aromatic rings. The third kappa shape index (κ3) is 3.10. The van der Waals surface area contributed by atoms with Gasteiger partial charge in [-0.15, -0.1) is 0 Å². The van der Waals surface area contributed by atoms with Gasteiger partial charge in [-0.1, -0.05) is 42.5 Å². The van der Waals surface area contributed by atoms with Crippen molar-refractivity contribution in [1.82, 2.24) is 9.97 Å². The van der Waals surface area contributed by atoms with Crippen LogP contribution in [-0.2, 0) is 0 Å². The fourth-order valence-electron chi connectivity index (χ4n) is 2.38. The average molecular weight is 319 g/mol. The summed E-state index contributed by atoms with van der Waals surface area (Å²) in [4.78, 5) is 31.5. The number of carbonyl (C=O) groups excluding carboxylic acids is 1. The Balaban J connectivity index is 1.88. The maximum Gasteiger partial charge on any atom is 0.264 e. The third-order valence-corrected chi connectivity index (χ3v) is 3.94. The zero-order valence-electron chi connectivity index (χ0n) is 13.5. The minimum absolute atomic E-state index is 0.0180. The van der Waals surface area contributed by atoms with Gasteiger partial charge in [0.15, 0.2) is 0 Å². The van der Waals surface area contributed by atoms with E-state index in [1.165, 1.54) is 6.20 Å². The fraction of sp³-hybridized carbons (Fsp3) is 0.105. The number of anilines is 1. The van der Waals surface area contributed by atoms with Gasteiger partial charge in [-0.05, 0) is 31.0 Å². The van der Waals surface area contributed by atoms with Crippen molar-refractivity contribution >= 4 is 11.6 Å². The van der Waals surface area contributed by atoms with E-state index in [2.05, 4.69) is 15.3 Å². The number of hydrogen-bond acceptors (Lipinski definition) is 3. The highest BCUT2D eigenvalue weighted by molar-refractivity contribution is 6.04. The highest BCUT2D eigenvalue weighted by Gasteiger charge is 2.14. The summed E-state index contributed by atoms with van der Waals surface area (Å²) in [5.41, 5.74) is 3.03. The summed E-state index contributed by atoms with van der Waals surface area (Å²) in [7, 11) is 0. The van der Waals surface area contributed by atoms with Gasteiger partial charge in [0, 0.05) is 17.4 Å². The molecule has 24 heavy (non-hydrogen) atoms. The molecule has 0 radical (unpaired) electrons. The first-order valence-electron chi connectivity index (χ1n) is 7.58. The zero-order valence-corrected chi connectivity index (χ0v) is 13.5. The lowest BCUT2D eigenvalue weighted by molar-refractivity contribution is 0.102. The van der Waals surface area contributed by atoms with E-state index in [0.717, 1.165) is 16.7 Å². The van der Waals surface area contributed by atoms with Gasteiger partial charge in [0.2, 0.25) is 0 Å². The van der Waals surface area contributed by atoms with Crippen LogP contribution in [0.1, 0.15) is 21.5 Å². The van der Waals surface area contributed by atoms with Crippen LogP contribution >= 0.6 is 0 Å². The lowest BCUT2D eigenvalue weighted by atomic mass is 10.1. The molecule has 2 N–H and O–H groups in total. The lowest BCUT2D eigenvalue weighted by Gasteiger charge is -2.10. The zero-order chi connectivity index (χ0) is 17.1. The SMILES string of the molecule is Cc1cccc(NC(=O)c2cnc(-c3ccccc3)[nH]c2=O)c1C. The van der Waals surface area contributed by atoms with Crippen molar-refractivity contribution in [3.05, 3.63) is 81.8 Å². The highest BCUT2D eigenvalue weighted by atomic mass is 16.2. The van der Waals surface area contributed by atoms with E-state index in [9.17, 15) is 9.59 Å². The van der Waals surface area contributed by atoms with Crippen LogP contribution in [0.25, 0.3) is 11.4 Å². The molecule has 0 saturated heterocycles. The van der Waals surface area contributed by atoms with Gasteiger partial charge >= 0.3 is 0 Å². The minimum atomic E-state index is -0.475. The van der Waals surface area contributed by atoms with Gasteiger partial charge in [-0.3, -0.25) is 9.59 Å². The number of carbonyl (C=O) groups is 1. The van der Waals surface area contributed by atoms with Crippen molar-refractivity contribution in [3.8, 4) is 11.4 Å². The predicted molar refractivity (Wildman–Crippen MR) is 94.2 cm³/mol. The Labute approximate surface area is 139 Å². The molecule has 0 aliphatic rings. The second-order valence-electron chi connectivity index (χ2n) is 5.54. The van der Waals surface area contributed by atoms with Crippen LogP contribution in [0.3, 0.4) is 0 Å². The molecule has 120 valence electrons. The molecule has 1 heterocycles. The molecule has 0 fully saturated rings. The van der Waals surface area contributed by atoms with Crippen molar-refractivity contribution in [2.75, 3.05) is 5.32 Å². The van der Waals surface area contributed by atoms with Gasteiger partial charge < -0.3 is 10.3 Å². The number of nitrogens with one attached hydrogen (secondary N) is 2. The number of aryl methyl sites for hydroxylation is 1. The molecule has 5 nitrogen and oxygen atoms in total. The van der Waals surface area contributed by atoms with Crippen molar-refractivity contribution in [1.29, 1.82) is 0 Å². The first-order chi connectivity index (χ1) is 11.6. The lowest BCUT2D eigenvalue weighted by Crippen LogP contribution is -2.24. The number of nitrogens with zero attached hydrogens (tertiary/aromatic N) is 1. The molecule has 0 aliphatic heterocycles. The quantitative estimate of drug-likeness (QED) is 0.778. The summed E-state index contributed by atoms with van der Waals surface area (Å²) >= 11 is 0. The van der Waals surface area contributed by atoms with Crippen LogP contribution < -0.4 is 10.9 Å². The van der Waals surface area contributed by atoms with E-state index in [4.69, 9.17) is 0 Å². The van der Waals surface area contributed by atoms with Crippen LogP contribution in [0.5, 0.6) is 0 Å². The Bertz CT molecular complexity index is 946. The molecule has 2 aromatic carbocycles. The van der Waals surface area contributed by atoms with E-state index in [1.54, 1.807) is 6.07 Å². The summed E-state index contributed by atoms with van der Waals surface area (Å²) < 4.78 is 0. The maximum absolute atomic E-state index is 12.4. The number of amides is 1. The van der Waals surface area contributed by atoms with Crippen LogP contribution in [0.15, 0.2) is 59.5 Å². The van der Waals surface area contributed by atoms with Crippen LogP contribution in [0, 0.1) is 13.8 Å². The number of H-pyrrole nitrogens is 1. The minimum Gasteiger partial charge on any atom is -0.322 e. The smallest absolute Gasteiger partial charge is 0.264 e. The number of aromatic nitrogens is 2. The molecule has 1 aromatic heterocycles. The Morgan fingerprint density at radius 3 is 2.50 bits per heavy atom. The summed E-state index contributed by atoms with van der Waals surface area (Å²) in [6, 6.07) is 14.9. The van der Waals surface area contributed by atoms with Crippen LogP contribution in [0.2, 0.25) is 0 Å². The summed E-state index contributed by atoms with van der Waals surface area (Å²) in [6.07, 6.45) is 1.31. The predicted octanol–water partition coefficient (Wildman–Crippen LogP) is 3.31. The molecule has 0 bridgehead atoms. The normalized spacial score (nSPS) is 10.4. The van der Waals surface area contributed by atoms with Gasteiger partial charge in [0.05, 0.1) is 0 Å².